The van der Waals surface area contributed by atoms with E-state index in [1.807, 2.05) is 29.9 Å². The van der Waals surface area contributed by atoms with E-state index in [0.29, 0.717) is 5.92 Å². The van der Waals surface area contributed by atoms with Crippen LogP contribution in [0, 0.1) is 13.8 Å². The molecule has 4 rings (SSSR count). The first-order valence-corrected chi connectivity index (χ1v) is 8.23. The second-order valence-corrected chi connectivity index (χ2v) is 6.51. The zero-order chi connectivity index (χ0) is 15.8. The Kier molecular flexibility index (Phi) is 3.61. The van der Waals surface area contributed by atoms with Crippen molar-refractivity contribution in [2.24, 2.45) is 0 Å². The third kappa shape index (κ3) is 2.86. The van der Waals surface area contributed by atoms with E-state index in [-0.39, 0.29) is 0 Å². The molecule has 23 heavy (non-hydrogen) atoms. The lowest BCUT2D eigenvalue weighted by Gasteiger charge is -2.31. The van der Waals surface area contributed by atoms with Gasteiger partial charge in [-0.05, 0) is 45.8 Å². The van der Waals surface area contributed by atoms with Gasteiger partial charge in [0.15, 0.2) is 5.65 Å². The van der Waals surface area contributed by atoms with Gasteiger partial charge in [-0.1, -0.05) is 0 Å². The number of hydrogen-bond acceptors (Lipinski definition) is 4. The molecule has 1 N–H and O–H groups in total. The highest BCUT2D eigenvalue weighted by molar-refractivity contribution is 5.39. The van der Waals surface area contributed by atoms with Gasteiger partial charge in [-0.2, -0.15) is 10.2 Å². The van der Waals surface area contributed by atoms with Crippen LogP contribution in [0.15, 0.2) is 24.5 Å². The number of piperidine rings is 1. The molecule has 6 nitrogen and oxygen atoms in total. The van der Waals surface area contributed by atoms with Crippen LogP contribution < -0.4 is 0 Å². The fraction of sp³-hybridized carbons (Fsp3) is 0.471. The highest BCUT2D eigenvalue weighted by Gasteiger charge is 2.22. The van der Waals surface area contributed by atoms with Crippen LogP contribution in [0.5, 0.6) is 0 Å². The molecule has 0 atom stereocenters. The molecule has 1 fully saturated rings. The molecule has 120 valence electrons. The Labute approximate surface area is 135 Å². The second kappa shape index (κ2) is 5.77. The summed E-state index contributed by atoms with van der Waals surface area (Å²) in [5.74, 6) is 0.553. The molecule has 6 heteroatoms. The third-order valence-corrected chi connectivity index (χ3v) is 4.80. The average molecular weight is 310 g/mol. The summed E-state index contributed by atoms with van der Waals surface area (Å²) in [6.45, 7) is 7.30. The Balaban J connectivity index is 1.43. The number of aryl methyl sites for hydroxylation is 2. The molecule has 0 spiro atoms. The monoisotopic (exact) mass is 310 g/mol. The number of rotatable bonds is 3. The number of fused-ring (bicyclic) bond motifs is 1. The smallest absolute Gasteiger partial charge is 0.155 e. The number of aromatic amines is 1. The molecule has 1 aliphatic heterocycles. The number of hydrogen-bond donors (Lipinski definition) is 1. The standard InChI is InChI=1S/C17H22N6/c1-12-9-17-19-16(5-8-23(17)21-12)14-3-6-22(7-4-14)11-15-10-18-20-13(15)2/h5,8-10,14H,3-4,6-7,11H2,1-2H3,(H,18,20). The number of nitrogens with zero attached hydrogens (tertiary/aromatic N) is 5. The maximum absolute atomic E-state index is 4.80. The van der Waals surface area contributed by atoms with E-state index < -0.39 is 0 Å². The minimum absolute atomic E-state index is 0.553. The lowest BCUT2D eigenvalue weighted by Crippen LogP contribution is -2.32. The van der Waals surface area contributed by atoms with Crippen molar-refractivity contribution in [3.8, 4) is 0 Å². The highest BCUT2D eigenvalue weighted by Crippen LogP contribution is 2.27. The third-order valence-electron chi connectivity index (χ3n) is 4.80. The van der Waals surface area contributed by atoms with E-state index in [0.717, 1.165) is 43.8 Å². The van der Waals surface area contributed by atoms with Crippen LogP contribution in [0.4, 0.5) is 0 Å². The molecule has 4 heterocycles. The van der Waals surface area contributed by atoms with Gasteiger partial charge in [-0.15, -0.1) is 0 Å². The van der Waals surface area contributed by atoms with Gasteiger partial charge in [0.2, 0.25) is 0 Å². The first kappa shape index (κ1) is 14.4. The molecule has 0 radical (unpaired) electrons. The SMILES string of the molecule is Cc1cc2nc(C3CCN(Cc4cn[nH]c4C)CC3)ccn2n1. The van der Waals surface area contributed by atoms with Gasteiger partial charge < -0.3 is 0 Å². The van der Waals surface area contributed by atoms with Gasteiger partial charge in [0.1, 0.15) is 0 Å². The minimum atomic E-state index is 0.553. The summed E-state index contributed by atoms with van der Waals surface area (Å²) < 4.78 is 1.86. The van der Waals surface area contributed by atoms with Gasteiger partial charge in [0.25, 0.3) is 0 Å². The maximum Gasteiger partial charge on any atom is 0.155 e. The Morgan fingerprint density at radius 1 is 1.26 bits per heavy atom. The predicted octanol–water partition coefficient (Wildman–Crippen LogP) is 2.45. The van der Waals surface area contributed by atoms with Crippen molar-refractivity contribution < 1.29 is 0 Å². The summed E-state index contributed by atoms with van der Waals surface area (Å²) in [5.41, 5.74) is 5.65. The van der Waals surface area contributed by atoms with Gasteiger partial charge in [0.05, 0.1) is 11.9 Å². The van der Waals surface area contributed by atoms with Gasteiger partial charge in [-0.3, -0.25) is 10.00 Å². The van der Waals surface area contributed by atoms with Crippen molar-refractivity contribution >= 4 is 5.65 Å². The van der Waals surface area contributed by atoms with E-state index in [1.54, 1.807) is 0 Å². The molecule has 0 saturated carbocycles. The normalized spacial score (nSPS) is 17.1. The largest absolute Gasteiger partial charge is 0.299 e. The van der Waals surface area contributed by atoms with Crippen LogP contribution in [0.25, 0.3) is 5.65 Å². The van der Waals surface area contributed by atoms with E-state index in [9.17, 15) is 0 Å². The van der Waals surface area contributed by atoms with E-state index in [1.165, 1.54) is 17.0 Å². The highest BCUT2D eigenvalue weighted by atomic mass is 15.2. The summed E-state index contributed by atoms with van der Waals surface area (Å²) in [4.78, 5) is 7.31. The summed E-state index contributed by atoms with van der Waals surface area (Å²) in [6, 6.07) is 4.17. The van der Waals surface area contributed by atoms with Crippen LogP contribution >= 0.6 is 0 Å². The molecule has 0 amide bonds. The fourth-order valence-electron chi connectivity index (χ4n) is 3.40. The number of aromatic nitrogens is 5. The van der Waals surface area contributed by atoms with Crippen molar-refractivity contribution in [3.63, 3.8) is 0 Å². The Morgan fingerprint density at radius 3 is 2.83 bits per heavy atom. The fourth-order valence-corrected chi connectivity index (χ4v) is 3.40. The molecule has 3 aromatic rings. The topological polar surface area (TPSA) is 62.1 Å². The summed E-state index contributed by atoms with van der Waals surface area (Å²) >= 11 is 0. The first-order valence-electron chi connectivity index (χ1n) is 8.23. The van der Waals surface area contributed by atoms with Gasteiger partial charge in [-0.25, -0.2) is 9.50 Å². The van der Waals surface area contributed by atoms with Crippen molar-refractivity contribution in [1.29, 1.82) is 0 Å². The molecule has 0 bridgehead atoms. The molecular formula is C17H22N6. The quantitative estimate of drug-likeness (QED) is 0.807. The summed E-state index contributed by atoms with van der Waals surface area (Å²) in [7, 11) is 0. The van der Waals surface area contributed by atoms with Crippen molar-refractivity contribution in [2.75, 3.05) is 13.1 Å². The van der Waals surface area contributed by atoms with Crippen LogP contribution in [0.1, 0.15) is 41.4 Å². The molecule has 0 unspecified atom stereocenters. The Hall–Kier alpha value is -2.21. The molecular weight excluding hydrogens is 288 g/mol. The summed E-state index contributed by atoms with van der Waals surface area (Å²) in [6.07, 6.45) is 6.30. The lowest BCUT2D eigenvalue weighted by molar-refractivity contribution is 0.203. The summed E-state index contributed by atoms with van der Waals surface area (Å²) in [5, 5.41) is 11.5. The molecule has 0 aliphatic carbocycles. The number of likely N-dealkylation sites (tertiary alicyclic amines) is 1. The van der Waals surface area contributed by atoms with Gasteiger partial charge >= 0.3 is 0 Å². The zero-order valence-corrected chi connectivity index (χ0v) is 13.7. The molecule has 3 aromatic heterocycles. The molecule has 0 aromatic carbocycles. The van der Waals surface area contributed by atoms with E-state index in [2.05, 4.69) is 33.2 Å². The predicted molar refractivity (Wildman–Crippen MR) is 88.3 cm³/mol. The first-order chi connectivity index (χ1) is 11.2. The molecule has 1 aliphatic rings. The van der Waals surface area contributed by atoms with Crippen molar-refractivity contribution in [3.05, 3.63) is 47.2 Å². The minimum Gasteiger partial charge on any atom is -0.299 e. The number of H-pyrrole nitrogens is 1. The van der Waals surface area contributed by atoms with E-state index in [4.69, 9.17) is 4.98 Å². The Morgan fingerprint density at radius 2 is 2.09 bits per heavy atom. The number of nitrogens with one attached hydrogen (secondary N) is 1. The van der Waals surface area contributed by atoms with E-state index >= 15 is 0 Å². The van der Waals surface area contributed by atoms with Crippen LogP contribution in [0.2, 0.25) is 0 Å². The second-order valence-electron chi connectivity index (χ2n) is 6.51. The average Bonchev–Trinajstić information content (AvgIpc) is 3.12. The lowest BCUT2D eigenvalue weighted by atomic mass is 9.93. The molecule has 1 saturated heterocycles. The van der Waals surface area contributed by atoms with Crippen LogP contribution in [-0.4, -0.2) is 42.8 Å². The van der Waals surface area contributed by atoms with Crippen molar-refractivity contribution in [2.45, 2.75) is 39.2 Å². The Bertz CT molecular complexity index is 809. The maximum atomic E-state index is 4.80. The van der Waals surface area contributed by atoms with Crippen LogP contribution in [0.3, 0.4) is 0 Å². The van der Waals surface area contributed by atoms with Crippen LogP contribution in [-0.2, 0) is 6.54 Å². The van der Waals surface area contributed by atoms with Gasteiger partial charge in [0, 0.05) is 41.7 Å². The van der Waals surface area contributed by atoms with Crippen molar-refractivity contribution in [1.82, 2.24) is 29.7 Å². The zero-order valence-electron chi connectivity index (χ0n) is 13.7.